The molecule has 0 aromatic rings. The number of carbonyl (C=O) groups excluding carboxylic acids is 3. The molecule has 0 aliphatic heterocycles. The van der Waals surface area contributed by atoms with Gasteiger partial charge in [0, 0.05) is 19.3 Å². The maximum Gasteiger partial charge on any atom is 0.306 e. The van der Waals surface area contributed by atoms with E-state index in [0.717, 1.165) is 103 Å². The molecule has 0 saturated heterocycles. The van der Waals surface area contributed by atoms with Crippen LogP contribution in [0, 0.1) is 0 Å². The first kappa shape index (κ1) is 70.6. The average Bonchev–Trinajstić information content (AvgIpc) is 3.40. The van der Waals surface area contributed by atoms with E-state index < -0.39 is 6.10 Å². The summed E-state index contributed by atoms with van der Waals surface area (Å²) < 4.78 is 16.9. The van der Waals surface area contributed by atoms with E-state index in [1.807, 2.05) is 0 Å². The molecule has 0 aliphatic rings. The fourth-order valence-electron chi connectivity index (χ4n) is 8.91. The Morgan fingerprint density at radius 2 is 0.527 bits per heavy atom. The molecular weight excluding hydrogens is 913 g/mol. The van der Waals surface area contributed by atoms with Crippen molar-refractivity contribution in [1.82, 2.24) is 0 Å². The van der Waals surface area contributed by atoms with Crippen LogP contribution in [0.5, 0.6) is 0 Å². The van der Waals surface area contributed by atoms with Crippen LogP contribution in [-0.2, 0) is 28.6 Å². The molecule has 0 fully saturated rings. The second kappa shape index (κ2) is 62.1. The van der Waals surface area contributed by atoms with E-state index in [0.29, 0.717) is 19.3 Å². The van der Waals surface area contributed by atoms with Crippen LogP contribution in [-0.4, -0.2) is 37.2 Å². The van der Waals surface area contributed by atoms with Crippen LogP contribution in [0.4, 0.5) is 0 Å². The number of rotatable bonds is 57. The zero-order valence-electron chi connectivity index (χ0n) is 48.8. The standard InChI is InChI=1S/C68H118O6/c1-4-7-10-13-16-19-21-23-25-27-29-30-31-32-33-34-35-36-37-38-39-41-42-44-46-49-52-55-58-61-67(70)73-64-65(63-72-66(69)60-57-54-51-48-18-15-12-9-6-3)74-68(71)62-59-56-53-50-47-45-43-40-28-26-24-22-20-17-14-11-8-5-2/h7,10,16,19-20,22-23,25-26,28-30,32-33,65H,4-6,8-9,11-15,17-18,21,24,27,31,34-64H2,1-3H3/b10-7-,19-16-,22-20-,25-23-,28-26-,30-29-,33-32-. The molecule has 0 rings (SSSR count). The lowest BCUT2D eigenvalue weighted by atomic mass is 10.0. The van der Waals surface area contributed by atoms with Gasteiger partial charge >= 0.3 is 17.9 Å². The summed E-state index contributed by atoms with van der Waals surface area (Å²) in [4.78, 5) is 38.1. The lowest BCUT2D eigenvalue weighted by Gasteiger charge is -2.18. The summed E-state index contributed by atoms with van der Waals surface area (Å²) in [6.07, 6.45) is 81.7. The van der Waals surface area contributed by atoms with Crippen molar-refractivity contribution in [3.8, 4) is 0 Å². The van der Waals surface area contributed by atoms with Gasteiger partial charge in [0.1, 0.15) is 13.2 Å². The normalized spacial score (nSPS) is 12.6. The first-order valence-corrected chi connectivity index (χ1v) is 31.6. The third-order valence-electron chi connectivity index (χ3n) is 13.6. The van der Waals surface area contributed by atoms with Gasteiger partial charge in [0.2, 0.25) is 0 Å². The molecule has 426 valence electrons. The molecule has 1 atom stereocenters. The molecule has 74 heavy (non-hydrogen) atoms. The summed E-state index contributed by atoms with van der Waals surface area (Å²) in [6, 6.07) is 0. The summed E-state index contributed by atoms with van der Waals surface area (Å²) in [5, 5.41) is 0. The molecule has 6 nitrogen and oxygen atoms in total. The SMILES string of the molecule is CC/C=C\C/C=C\C/C=C\C/C=C\C/C=C\CCCCCCCCCCCCCCCC(=O)OCC(COC(=O)CCCCCCCCCCC)OC(=O)CCCCCCCCC/C=C\C/C=C\CCCCCC. The van der Waals surface area contributed by atoms with E-state index in [2.05, 4.69) is 106 Å². The van der Waals surface area contributed by atoms with Crippen LogP contribution in [0.2, 0.25) is 0 Å². The molecule has 0 bridgehead atoms. The largest absolute Gasteiger partial charge is 0.462 e. The van der Waals surface area contributed by atoms with Crippen molar-refractivity contribution in [3.05, 3.63) is 85.1 Å². The molecule has 0 spiro atoms. The highest BCUT2D eigenvalue weighted by atomic mass is 16.6. The molecule has 0 saturated carbocycles. The van der Waals surface area contributed by atoms with E-state index in [9.17, 15) is 14.4 Å². The Bertz CT molecular complexity index is 1420. The third kappa shape index (κ3) is 59.5. The van der Waals surface area contributed by atoms with Crippen molar-refractivity contribution in [2.24, 2.45) is 0 Å². The number of hydrogen-bond acceptors (Lipinski definition) is 6. The van der Waals surface area contributed by atoms with Gasteiger partial charge in [-0.2, -0.15) is 0 Å². The Labute approximate surface area is 458 Å². The molecule has 0 N–H and O–H groups in total. The second-order valence-electron chi connectivity index (χ2n) is 20.9. The van der Waals surface area contributed by atoms with Gasteiger partial charge in [-0.15, -0.1) is 0 Å². The van der Waals surface area contributed by atoms with E-state index in [1.165, 1.54) is 167 Å². The summed E-state index contributed by atoms with van der Waals surface area (Å²) in [7, 11) is 0. The van der Waals surface area contributed by atoms with Gasteiger partial charge in [-0.3, -0.25) is 14.4 Å². The Hall–Kier alpha value is -3.41. The minimum absolute atomic E-state index is 0.0767. The molecule has 1 unspecified atom stereocenters. The summed E-state index contributed by atoms with van der Waals surface area (Å²) in [6.45, 7) is 6.51. The molecular formula is C68H118O6. The predicted octanol–water partition coefficient (Wildman–Crippen LogP) is 21.5. The Morgan fingerprint density at radius 1 is 0.284 bits per heavy atom. The Balaban J connectivity index is 4.18. The highest BCUT2D eigenvalue weighted by Crippen LogP contribution is 2.16. The van der Waals surface area contributed by atoms with Gasteiger partial charge in [0.15, 0.2) is 6.10 Å². The maximum atomic E-state index is 12.9. The van der Waals surface area contributed by atoms with Gasteiger partial charge in [-0.1, -0.05) is 279 Å². The van der Waals surface area contributed by atoms with Crippen LogP contribution >= 0.6 is 0 Å². The lowest BCUT2D eigenvalue weighted by Crippen LogP contribution is -2.30. The lowest BCUT2D eigenvalue weighted by molar-refractivity contribution is -0.167. The number of allylic oxidation sites excluding steroid dienone is 14. The summed E-state index contributed by atoms with van der Waals surface area (Å²) >= 11 is 0. The zero-order chi connectivity index (χ0) is 53.6. The van der Waals surface area contributed by atoms with Gasteiger partial charge in [-0.25, -0.2) is 0 Å². The first-order chi connectivity index (χ1) is 36.5. The van der Waals surface area contributed by atoms with E-state index in [1.54, 1.807) is 0 Å². The number of hydrogen-bond donors (Lipinski definition) is 0. The zero-order valence-corrected chi connectivity index (χ0v) is 48.8. The number of unbranched alkanes of at least 4 members (excludes halogenated alkanes) is 32. The molecule has 6 heteroatoms. The fraction of sp³-hybridized carbons (Fsp3) is 0.750. The highest BCUT2D eigenvalue weighted by molar-refractivity contribution is 5.71. The van der Waals surface area contributed by atoms with Gasteiger partial charge in [-0.05, 0) is 96.3 Å². The van der Waals surface area contributed by atoms with Gasteiger partial charge < -0.3 is 14.2 Å². The molecule has 0 radical (unpaired) electrons. The average molecular weight is 1030 g/mol. The van der Waals surface area contributed by atoms with E-state index in [-0.39, 0.29) is 31.1 Å². The Morgan fingerprint density at radius 3 is 0.838 bits per heavy atom. The molecule has 0 aliphatic carbocycles. The summed E-state index contributed by atoms with van der Waals surface area (Å²) in [5.74, 6) is -0.878. The van der Waals surface area contributed by atoms with Crippen molar-refractivity contribution >= 4 is 17.9 Å². The molecule has 0 amide bonds. The third-order valence-corrected chi connectivity index (χ3v) is 13.6. The van der Waals surface area contributed by atoms with Crippen molar-refractivity contribution in [1.29, 1.82) is 0 Å². The fourth-order valence-corrected chi connectivity index (χ4v) is 8.91. The topological polar surface area (TPSA) is 78.9 Å². The minimum atomic E-state index is -0.778. The predicted molar refractivity (Wildman–Crippen MR) is 321 cm³/mol. The Kier molecular flexibility index (Phi) is 59.3. The quantitative estimate of drug-likeness (QED) is 0.0261. The second-order valence-corrected chi connectivity index (χ2v) is 20.9. The maximum absolute atomic E-state index is 12.9. The smallest absolute Gasteiger partial charge is 0.306 e. The van der Waals surface area contributed by atoms with Crippen LogP contribution in [0.3, 0.4) is 0 Å². The first-order valence-electron chi connectivity index (χ1n) is 31.6. The number of carbonyl (C=O) groups is 3. The van der Waals surface area contributed by atoms with Crippen molar-refractivity contribution in [2.75, 3.05) is 13.2 Å². The number of esters is 3. The van der Waals surface area contributed by atoms with Gasteiger partial charge in [0.25, 0.3) is 0 Å². The number of ether oxygens (including phenoxy) is 3. The van der Waals surface area contributed by atoms with Crippen LogP contribution in [0.25, 0.3) is 0 Å². The molecule has 0 aromatic carbocycles. The van der Waals surface area contributed by atoms with E-state index >= 15 is 0 Å². The molecule has 0 aromatic heterocycles. The highest BCUT2D eigenvalue weighted by Gasteiger charge is 2.19. The van der Waals surface area contributed by atoms with Gasteiger partial charge in [0.05, 0.1) is 0 Å². The minimum Gasteiger partial charge on any atom is -0.462 e. The van der Waals surface area contributed by atoms with Crippen LogP contribution in [0.1, 0.15) is 310 Å². The van der Waals surface area contributed by atoms with Crippen molar-refractivity contribution in [3.63, 3.8) is 0 Å². The molecule has 0 heterocycles. The monoisotopic (exact) mass is 1030 g/mol. The van der Waals surface area contributed by atoms with E-state index in [4.69, 9.17) is 14.2 Å². The van der Waals surface area contributed by atoms with Crippen LogP contribution < -0.4 is 0 Å². The van der Waals surface area contributed by atoms with Crippen molar-refractivity contribution < 1.29 is 28.6 Å². The van der Waals surface area contributed by atoms with Crippen molar-refractivity contribution in [2.45, 2.75) is 316 Å². The van der Waals surface area contributed by atoms with Crippen LogP contribution in [0.15, 0.2) is 85.1 Å². The summed E-state index contributed by atoms with van der Waals surface area (Å²) in [5.41, 5.74) is 0.